The maximum atomic E-state index is 16.3. The second-order valence-corrected chi connectivity index (χ2v) is 11.7. The molecule has 5 heterocycles. The summed E-state index contributed by atoms with van der Waals surface area (Å²) in [6.07, 6.45) is 9.26. The lowest BCUT2D eigenvalue weighted by molar-refractivity contribution is -0.0518. The number of hydrogen-bond acceptors (Lipinski definition) is 7. The minimum absolute atomic E-state index is 0.0395. The van der Waals surface area contributed by atoms with Gasteiger partial charge in [0.25, 0.3) is 0 Å². The van der Waals surface area contributed by atoms with Gasteiger partial charge in [-0.05, 0) is 82.0 Å². The van der Waals surface area contributed by atoms with Gasteiger partial charge < -0.3 is 14.4 Å². The molecule has 0 amide bonds. The molecule has 2 bridgehead atoms. The van der Waals surface area contributed by atoms with Gasteiger partial charge in [0, 0.05) is 24.8 Å². The van der Waals surface area contributed by atoms with E-state index in [2.05, 4.69) is 24.5 Å². The predicted molar refractivity (Wildman–Crippen MR) is 141 cm³/mol. The lowest BCUT2D eigenvalue weighted by atomic mass is 9.95. The number of ether oxygens (including phenoxy) is 2. The van der Waals surface area contributed by atoms with Crippen molar-refractivity contribution in [3.8, 4) is 23.0 Å². The Balaban J connectivity index is 1.32. The Morgan fingerprint density at radius 1 is 1.02 bits per heavy atom. The van der Waals surface area contributed by atoms with E-state index in [1.165, 1.54) is 24.8 Å². The number of halogens is 4. The third-order valence-electron chi connectivity index (χ3n) is 9.26. The molecular weight excluding hydrogens is 526 g/mol. The van der Waals surface area contributed by atoms with Gasteiger partial charge in [0.05, 0.1) is 10.9 Å². The Bertz CT molecular complexity index is 1420. The van der Waals surface area contributed by atoms with Crippen molar-refractivity contribution < 1.29 is 27.0 Å². The first-order chi connectivity index (χ1) is 19.4. The van der Waals surface area contributed by atoms with E-state index in [0.717, 1.165) is 70.8 Å². The Hall–Kier alpha value is -3.21. The lowest BCUT2D eigenvalue weighted by Gasteiger charge is -2.34. The molecule has 11 heteroatoms. The van der Waals surface area contributed by atoms with Crippen LogP contribution in [0.5, 0.6) is 11.8 Å². The van der Waals surface area contributed by atoms with E-state index in [1.807, 2.05) is 0 Å². The highest BCUT2D eigenvalue weighted by Gasteiger charge is 2.45. The molecule has 2 unspecified atom stereocenters. The zero-order chi connectivity index (χ0) is 27.4. The number of alkyl halides is 2. The van der Waals surface area contributed by atoms with Crippen molar-refractivity contribution in [3.63, 3.8) is 0 Å². The fourth-order valence-electron chi connectivity index (χ4n) is 7.46. The number of aromatic nitrogens is 3. The van der Waals surface area contributed by atoms with Gasteiger partial charge in [-0.25, -0.2) is 8.78 Å². The molecule has 2 aromatic heterocycles. The van der Waals surface area contributed by atoms with Crippen LogP contribution in [-0.4, -0.2) is 64.8 Å². The Labute approximate surface area is 229 Å². The minimum Gasteiger partial charge on any atom is -0.461 e. The first-order valence-electron chi connectivity index (χ1n) is 14.1. The van der Waals surface area contributed by atoms with Crippen molar-refractivity contribution in [3.05, 3.63) is 36.0 Å². The van der Waals surface area contributed by atoms with Gasteiger partial charge in [-0.3, -0.25) is 9.88 Å². The summed E-state index contributed by atoms with van der Waals surface area (Å²) in [5.74, 6) is -0.996. The maximum Gasteiger partial charge on any atom is 0.387 e. The fourth-order valence-corrected chi connectivity index (χ4v) is 7.46. The average molecular weight is 558 g/mol. The van der Waals surface area contributed by atoms with Crippen LogP contribution >= 0.6 is 0 Å². The molecule has 3 aromatic rings. The summed E-state index contributed by atoms with van der Waals surface area (Å²) in [6.45, 7) is 0.832. The summed E-state index contributed by atoms with van der Waals surface area (Å²) >= 11 is 0. The van der Waals surface area contributed by atoms with Crippen molar-refractivity contribution in [2.75, 3.05) is 37.7 Å². The topological polar surface area (TPSA) is 63.6 Å². The molecule has 7 nitrogen and oxygen atoms in total. The van der Waals surface area contributed by atoms with Gasteiger partial charge in [0.2, 0.25) is 0 Å². The second kappa shape index (κ2) is 10.0. The summed E-state index contributed by atoms with van der Waals surface area (Å²) in [4.78, 5) is 18.2. The third-order valence-corrected chi connectivity index (χ3v) is 9.26. The number of para-hydroxylation sites is 1. The van der Waals surface area contributed by atoms with Gasteiger partial charge in [-0.15, -0.1) is 0 Å². The number of piperidine rings is 1. The number of hydrogen-bond donors (Lipinski definition) is 0. The highest BCUT2D eigenvalue weighted by Crippen LogP contribution is 2.42. The molecule has 0 radical (unpaired) electrons. The molecule has 0 spiro atoms. The highest BCUT2D eigenvalue weighted by atomic mass is 19.3. The molecular formula is C29H31F4N5O2. The number of fused-ring (bicyclic) bond motifs is 4. The molecule has 4 aliphatic rings. The van der Waals surface area contributed by atoms with E-state index in [4.69, 9.17) is 9.72 Å². The van der Waals surface area contributed by atoms with E-state index >= 15 is 4.39 Å². The first-order valence-corrected chi connectivity index (χ1v) is 14.1. The van der Waals surface area contributed by atoms with Crippen LogP contribution in [0, 0.1) is 23.5 Å². The van der Waals surface area contributed by atoms with E-state index in [9.17, 15) is 13.2 Å². The molecule has 7 rings (SSSR count). The van der Waals surface area contributed by atoms with E-state index in [1.54, 1.807) is 0 Å². The van der Waals surface area contributed by atoms with Crippen molar-refractivity contribution in [1.29, 1.82) is 0 Å². The van der Waals surface area contributed by atoms with Gasteiger partial charge in [0.15, 0.2) is 17.4 Å². The molecule has 212 valence electrons. The minimum atomic E-state index is -3.28. The van der Waals surface area contributed by atoms with E-state index < -0.39 is 24.0 Å². The molecule has 1 aromatic carbocycles. The lowest BCUT2D eigenvalue weighted by Crippen LogP contribution is -2.43. The van der Waals surface area contributed by atoms with Crippen molar-refractivity contribution in [2.45, 2.75) is 57.1 Å². The normalized spacial score (nSPS) is 23.8. The number of anilines is 1. The second-order valence-electron chi connectivity index (χ2n) is 11.7. The van der Waals surface area contributed by atoms with Gasteiger partial charge >= 0.3 is 12.6 Å². The monoisotopic (exact) mass is 557 g/mol. The van der Waals surface area contributed by atoms with Crippen LogP contribution in [0.15, 0.2) is 24.4 Å². The number of pyridine rings is 1. The Morgan fingerprint density at radius 2 is 1.77 bits per heavy atom. The average Bonchev–Trinajstić information content (AvgIpc) is 3.62. The quantitative estimate of drug-likeness (QED) is 0.340. The van der Waals surface area contributed by atoms with Crippen LogP contribution in [-0.2, 0) is 0 Å². The van der Waals surface area contributed by atoms with Crippen molar-refractivity contribution in [2.24, 2.45) is 11.8 Å². The molecule has 4 fully saturated rings. The molecule has 2 atom stereocenters. The third kappa shape index (κ3) is 4.42. The molecule has 3 saturated heterocycles. The predicted octanol–water partition coefficient (Wildman–Crippen LogP) is 5.81. The highest BCUT2D eigenvalue weighted by molar-refractivity contribution is 5.92. The number of nitrogens with zero attached hydrogens (tertiary/aromatic N) is 5. The van der Waals surface area contributed by atoms with Crippen molar-refractivity contribution >= 4 is 16.7 Å². The van der Waals surface area contributed by atoms with Crippen LogP contribution in [0.3, 0.4) is 0 Å². The summed E-state index contributed by atoms with van der Waals surface area (Å²) in [6, 6.07) is 3.65. The summed E-state index contributed by atoms with van der Waals surface area (Å²) in [5.41, 5.74) is -0.631. The number of rotatable bonds is 7. The number of benzene rings is 1. The maximum absolute atomic E-state index is 16.3. The van der Waals surface area contributed by atoms with Crippen LogP contribution in [0.4, 0.5) is 23.4 Å². The van der Waals surface area contributed by atoms with Gasteiger partial charge in [0.1, 0.15) is 23.6 Å². The van der Waals surface area contributed by atoms with Gasteiger partial charge in [-0.2, -0.15) is 18.7 Å². The van der Waals surface area contributed by atoms with Crippen LogP contribution in [0.1, 0.15) is 44.9 Å². The Morgan fingerprint density at radius 3 is 2.50 bits per heavy atom. The molecule has 3 aliphatic heterocycles. The SMILES string of the molecule is Fc1cccc(-c2ncc3c(N4CC5CCC(C5)C4)nc(OCC45CCCN4CCC5)nc3c2F)c1OC(F)F. The molecule has 1 aliphatic carbocycles. The zero-order valence-corrected chi connectivity index (χ0v) is 22.1. The molecule has 0 N–H and O–H groups in total. The Kier molecular flexibility index (Phi) is 6.44. The van der Waals surface area contributed by atoms with Crippen molar-refractivity contribution in [1.82, 2.24) is 19.9 Å². The smallest absolute Gasteiger partial charge is 0.387 e. The standard InChI is InChI=1S/C29H31F4N5O2/c30-21-5-1-4-19(25(21)40-27(32)33)23-22(31)24-20(13-34-23)26(37-14-17-6-7-18(12-17)15-37)36-28(35-24)39-16-29-8-2-10-38(29)11-3-9-29/h1,4-5,13,17-18,27H,2-3,6-12,14-16H2. The molecule has 40 heavy (non-hydrogen) atoms. The van der Waals surface area contributed by atoms with Crippen LogP contribution < -0.4 is 14.4 Å². The fraction of sp³-hybridized carbons (Fsp3) is 0.552. The largest absolute Gasteiger partial charge is 0.461 e. The van der Waals surface area contributed by atoms with E-state index in [-0.39, 0.29) is 28.3 Å². The first kappa shape index (κ1) is 25.7. The van der Waals surface area contributed by atoms with E-state index in [0.29, 0.717) is 29.6 Å². The van der Waals surface area contributed by atoms with Gasteiger partial charge in [-0.1, -0.05) is 6.07 Å². The summed E-state index contributed by atoms with van der Waals surface area (Å²) in [5, 5.41) is 0.407. The van der Waals surface area contributed by atoms with Crippen LogP contribution in [0.25, 0.3) is 22.2 Å². The summed E-state index contributed by atoms with van der Waals surface area (Å²) in [7, 11) is 0. The summed E-state index contributed by atoms with van der Waals surface area (Å²) < 4.78 is 67.6. The zero-order valence-electron chi connectivity index (χ0n) is 22.1. The van der Waals surface area contributed by atoms with Crippen LogP contribution in [0.2, 0.25) is 0 Å². The molecule has 1 saturated carbocycles.